The Morgan fingerprint density at radius 1 is 0.900 bits per heavy atom. The van der Waals surface area contributed by atoms with E-state index in [-0.39, 0.29) is 0 Å². The first kappa shape index (κ1) is 14.2. The van der Waals surface area contributed by atoms with Crippen LogP contribution in [0.5, 0.6) is 0 Å². The largest absolute Gasteiger partial charge is 0.298 e. The highest BCUT2D eigenvalue weighted by molar-refractivity contribution is 6.32. The first-order valence-corrected chi connectivity index (χ1v) is 8.12. The number of nitrogens with zero attached hydrogens (tertiary/aromatic N) is 2. The predicted octanol–water partition coefficient (Wildman–Crippen LogP) is 1.93. The van der Waals surface area contributed by atoms with Gasteiger partial charge in [0.05, 0.1) is 0 Å². The molecular weight excluding hydrogens is 243 g/mol. The molecule has 2 fully saturated rings. The van der Waals surface area contributed by atoms with Gasteiger partial charge >= 0.3 is 0 Å². The van der Waals surface area contributed by atoms with Crippen molar-refractivity contribution in [2.75, 3.05) is 26.2 Å². The molecule has 3 rings (SSSR count). The van der Waals surface area contributed by atoms with Crippen molar-refractivity contribution >= 4 is 13.3 Å². The fraction of sp³-hybridized carbons (Fsp3) is 0.647. The van der Waals surface area contributed by atoms with E-state index in [2.05, 4.69) is 21.9 Å². The van der Waals surface area contributed by atoms with Crippen molar-refractivity contribution in [3.05, 3.63) is 29.8 Å². The van der Waals surface area contributed by atoms with E-state index in [1.54, 1.807) is 0 Å². The summed E-state index contributed by atoms with van der Waals surface area (Å²) in [5.74, 6) is 0. The van der Waals surface area contributed by atoms with Crippen molar-refractivity contribution in [2.24, 2.45) is 0 Å². The monoisotopic (exact) mass is 268 g/mol. The average Bonchev–Trinajstić information content (AvgIpc) is 2.51. The predicted molar refractivity (Wildman–Crippen MR) is 85.6 cm³/mol. The summed E-state index contributed by atoms with van der Waals surface area (Å²) in [4.78, 5) is 5.31. The molecule has 1 saturated carbocycles. The Hall–Kier alpha value is -0.795. The quantitative estimate of drug-likeness (QED) is 0.773. The van der Waals surface area contributed by atoms with Gasteiger partial charge in [0.2, 0.25) is 0 Å². The van der Waals surface area contributed by atoms with E-state index in [1.165, 1.54) is 63.8 Å². The zero-order valence-corrected chi connectivity index (χ0v) is 12.4. The van der Waals surface area contributed by atoms with Crippen LogP contribution in [0.25, 0.3) is 0 Å². The van der Waals surface area contributed by atoms with Crippen LogP contribution in [0, 0.1) is 0 Å². The van der Waals surface area contributed by atoms with Gasteiger partial charge in [-0.3, -0.25) is 9.80 Å². The van der Waals surface area contributed by atoms with Gasteiger partial charge in [-0.15, -0.1) is 0 Å². The smallest absolute Gasteiger partial charge is 0.113 e. The molecule has 2 aliphatic rings. The molecule has 0 atom stereocenters. The van der Waals surface area contributed by atoms with Gasteiger partial charge in [0.1, 0.15) is 7.85 Å². The van der Waals surface area contributed by atoms with Gasteiger partial charge < -0.3 is 0 Å². The van der Waals surface area contributed by atoms with E-state index in [9.17, 15) is 0 Å². The summed E-state index contributed by atoms with van der Waals surface area (Å²) in [5, 5.41) is 0. The topological polar surface area (TPSA) is 6.48 Å². The summed E-state index contributed by atoms with van der Waals surface area (Å²) < 4.78 is 0. The maximum Gasteiger partial charge on any atom is 0.113 e. The summed E-state index contributed by atoms with van der Waals surface area (Å²) in [6.07, 6.45) is 7.19. The van der Waals surface area contributed by atoms with Crippen LogP contribution in [-0.2, 0) is 6.54 Å². The maximum atomic E-state index is 5.74. The van der Waals surface area contributed by atoms with E-state index in [1.807, 2.05) is 12.1 Å². The fourth-order valence-corrected chi connectivity index (χ4v) is 3.61. The van der Waals surface area contributed by atoms with Crippen LogP contribution in [0.15, 0.2) is 24.3 Å². The molecule has 0 aromatic heterocycles. The van der Waals surface area contributed by atoms with Gasteiger partial charge in [-0.25, -0.2) is 0 Å². The maximum absolute atomic E-state index is 5.74. The van der Waals surface area contributed by atoms with Gasteiger partial charge in [-0.1, -0.05) is 49.0 Å². The van der Waals surface area contributed by atoms with Gasteiger partial charge in [-0.2, -0.15) is 0 Å². The Kier molecular flexibility index (Phi) is 4.79. The lowest BCUT2D eigenvalue weighted by atomic mass is 9.93. The second-order valence-electron chi connectivity index (χ2n) is 6.35. The van der Waals surface area contributed by atoms with Crippen molar-refractivity contribution in [3.8, 4) is 0 Å². The fourth-order valence-electron chi connectivity index (χ4n) is 3.61. The zero-order chi connectivity index (χ0) is 13.8. The minimum Gasteiger partial charge on any atom is -0.298 e. The molecule has 1 saturated heterocycles. The molecule has 2 radical (unpaired) electrons. The molecule has 0 spiro atoms. The van der Waals surface area contributed by atoms with E-state index < -0.39 is 0 Å². The van der Waals surface area contributed by atoms with Crippen molar-refractivity contribution in [2.45, 2.75) is 44.7 Å². The van der Waals surface area contributed by atoms with Crippen LogP contribution in [0.1, 0.15) is 37.7 Å². The average molecular weight is 268 g/mol. The molecule has 0 unspecified atom stereocenters. The molecule has 3 heteroatoms. The molecule has 1 aromatic carbocycles. The van der Waals surface area contributed by atoms with Crippen LogP contribution in [-0.4, -0.2) is 49.9 Å². The van der Waals surface area contributed by atoms with E-state index >= 15 is 0 Å². The Labute approximate surface area is 124 Å². The molecule has 1 aromatic rings. The highest BCUT2D eigenvalue weighted by Crippen LogP contribution is 2.23. The second kappa shape index (κ2) is 6.77. The summed E-state index contributed by atoms with van der Waals surface area (Å²) in [6, 6.07) is 9.20. The number of rotatable bonds is 3. The summed E-state index contributed by atoms with van der Waals surface area (Å²) in [5.41, 5.74) is 2.24. The number of hydrogen-bond donors (Lipinski definition) is 0. The third-order valence-corrected chi connectivity index (χ3v) is 4.88. The Morgan fingerprint density at radius 3 is 2.20 bits per heavy atom. The molecule has 0 N–H and O–H groups in total. The lowest BCUT2D eigenvalue weighted by Crippen LogP contribution is -2.50. The minimum absolute atomic E-state index is 0.857. The van der Waals surface area contributed by atoms with Crippen molar-refractivity contribution in [1.82, 2.24) is 9.80 Å². The van der Waals surface area contributed by atoms with Crippen LogP contribution < -0.4 is 5.46 Å². The van der Waals surface area contributed by atoms with Gasteiger partial charge in [0.25, 0.3) is 0 Å². The second-order valence-corrected chi connectivity index (χ2v) is 6.35. The molecule has 1 heterocycles. The van der Waals surface area contributed by atoms with Gasteiger partial charge in [-0.05, 0) is 18.4 Å². The van der Waals surface area contributed by atoms with Crippen molar-refractivity contribution in [3.63, 3.8) is 0 Å². The van der Waals surface area contributed by atoms with E-state index in [0.717, 1.165) is 18.0 Å². The molecule has 1 aliphatic heterocycles. The SMILES string of the molecule is [B]c1ccc(CN2CCN(C3CCCCC3)CC2)cc1. The molecule has 0 amide bonds. The molecule has 2 nitrogen and oxygen atoms in total. The molecule has 0 bridgehead atoms. The first-order chi connectivity index (χ1) is 9.81. The first-order valence-electron chi connectivity index (χ1n) is 8.12. The summed E-state index contributed by atoms with van der Waals surface area (Å²) >= 11 is 0. The molecule has 106 valence electrons. The van der Waals surface area contributed by atoms with Gasteiger partial charge in [0.15, 0.2) is 0 Å². The third-order valence-electron chi connectivity index (χ3n) is 4.88. The number of benzene rings is 1. The standard InChI is InChI=1S/C17H25BN2/c18-16-8-6-15(7-9-16)14-19-10-12-20(13-11-19)17-4-2-1-3-5-17/h6-9,17H,1-5,10-14H2. The Balaban J connectivity index is 1.47. The van der Waals surface area contributed by atoms with Crippen LogP contribution in [0.2, 0.25) is 0 Å². The molecular formula is C17H25BN2. The molecule has 1 aliphatic carbocycles. The zero-order valence-electron chi connectivity index (χ0n) is 12.4. The highest BCUT2D eigenvalue weighted by atomic mass is 15.3. The van der Waals surface area contributed by atoms with Crippen molar-refractivity contribution < 1.29 is 0 Å². The minimum atomic E-state index is 0.857. The normalized spacial score (nSPS) is 23.0. The van der Waals surface area contributed by atoms with Crippen LogP contribution >= 0.6 is 0 Å². The third kappa shape index (κ3) is 3.65. The number of hydrogen-bond acceptors (Lipinski definition) is 2. The number of piperazine rings is 1. The van der Waals surface area contributed by atoms with Crippen molar-refractivity contribution in [1.29, 1.82) is 0 Å². The molecule has 20 heavy (non-hydrogen) atoms. The van der Waals surface area contributed by atoms with Gasteiger partial charge in [0, 0.05) is 38.8 Å². The summed E-state index contributed by atoms with van der Waals surface area (Å²) in [7, 11) is 5.74. The van der Waals surface area contributed by atoms with E-state index in [4.69, 9.17) is 7.85 Å². The van der Waals surface area contributed by atoms with Crippen LogP contribution in [0.4, 0.5) is 0 Å². The van der Waals surface area contributed by atoms with E-state index in [0.29, 0.717) is 0 Å². The highest BCUT2D eigenvalue weighted by Gasteiger charge is 2.24. The Morgan fingerprint density at radius 2 is 1.55 bits per heavy atom. The lowest BCUT2D eigenvalue weighted by molar-refractivity contribution is 0.0755. The Bertz CT molecular complexity index is 404. The summed E-state index contributed by atoms with van der Waals surface area (Å²) in [6.45, 7) is 5.99. The lowest BCUT2D eigenvalue weighted by Gasteiger charge is -2.40. The van der Waals surface area contributed by atoms with Crippen LogP contribution in [0.3, 0.4) is 0 Å².